The van der Waals surface area contributed by atoms with E-state index in [1.165, 1.54) is 7.11 Å². The summed E-state index contributed by atoms with van der Waals surface area (Å²) in [5.74, 6) is -0.183. The van der Waals surface area contributed by atoms with Crippen LogP contribution in [-0.2, 0) is 9.53 Å². The van der Waals surface area contributed by atoms with E-state index in [4.69, 9.17) is 4.74 Å². The molecule has 0 radical (unpaired) electrons. The zero-order valence-electron chi connectivity index (χ0n) is 13.7. The van der Waals surface area contributed by atoms with Gasteiger partial charge < -0.3 is 10.1 Å². The molecule has 1 amide bonds. The van der Waals surface area contributed by atoms with Gasteiger partial charge in [-0.25, -0.2) is 4.79 Å². The standard InChI is InChI=1S/C17H25NO3/c1-11-7-8-13(16(20)21-6)10-14(11)18-15(19)9-12(2)17(3,4)5/h7-8,10,12H,9H2,1-6H3,(H,18,19). The number of carbonyl (C=O) groups excluding carboxylic acids is 2. The van der Waals surface area contributed by atoms with Crippen molar-refractivity contribution in [2.75, 3.05) is 12.4 Å². The summed E-state index contributed by atoms with van der Waals surface area (Å²) in [5, 5.41) is 2.89. The third kappa shape index (κ3) is 4.88. The molecule has 0 saturated carbocycles. The van der Waals surface area contributed by atoms with Crippen LogP contribution in [0.2, 0.25) is 0 Å². The summed E-state index contributed by atoms with van der Waals surface area (Å²) in [4.78, 5) is 23.7. The van der Waals surface area contributed by atoms with Crippen molar-refractivity contribution >= 4 is 17.6 Å². The van der Waals surface area contributed by atoms with E-state index in [-0.39, 0.29) is 17.2 Å². The van der Waals surface area contributed by atoms with Crippen molar-refractivity contribution in [3.8, 4) is 0 Å². The van der Waals surface area contributed by atoms with Gasteiger partial charge in [-0.2, -0.15) is 0 Å². The average molecular weight is 291 g/mol. The molecule has 1 aromatic carbocycles. The molecular formula is C17H25NO3. The molecular weight excluding hydrogens is 266 g/mol. The Labute approximate surface area is 126 Å². The molecule has 0 aliphatic rings. The first kappa shape index (κ1) is 17.2. The van der Waals surface area contributed by atoms with E-state index in [2.05, 4.69) is 33.0 Å². The Balaban J connectivity index is 2.83. The Hall–Kier alpha value is -1.84. The number of esters is 1. The molecule has 116 valence electrons. The van der Waals surface area contributed by atoms with Crippen LogP contribution in [0.5, 0.6) is 0 Å². The molecule has 0 heterocycles. The highest BCUT2D eigenvalue weighted by atomic mass is 16.5. The monoisotopic (exact) mass is 291 g/mol. The summed E-state index contributed by atoms with van der Waals surface area (Å²) in [6, 6.07) is 5.14. The second kappa shape index (κ2) is 6.74. The van der Waals surface area contributed by atoms with E-state index in [1.807, 2.05) is 6.92 Å². The first-order valence-corrected chi connectivity index (χ1v) is 7.14. The number of nitrogens with one attached hydrogen (secondary N) is 1. The van der Waals surface area contributed by atoms with E-state index in [9.17, 15) is 9.59 Å². The fraction of sp³-hybridized carbons (Fsp3) is 0.529. The predicted molar refractivity (Wildman–Crippen MR) is 84.4 cm³/mol. The summed E-state index contributed by atoms with van der Waals surface area (Å²) < 4.78 is 4.69. The normalized spacial score (nSPS) is 12.7. The second-order valence-electron chi connectivity index (χ2n) is 6.54. The number of carbonyl (C=O) groups is 2. The highest BCUT2D eigenvalue weighted by Gasteiger charge is 2.22. The molecule has 0 saturated heterocycles. The van der Waals surface area contributed by atoms with Crippen LogP contribution in [0.25, 0.3) is 0 Å². The number of methoxy groups -OCH3 is 1. The minimum Gasteiger partial charge on any atom is -0.465 e. The number of hydrogen-bond donors (Lipinski definition) is 1. The number of benzene rings is 1. The number of amides is 1. The Kier molecular flexibility index (Phi) is 5.53. The van der Waals surface area contributed by atoms with Gasteiger partial charge in [0.15, 0.2) is 0 Å². The van der Waals surface area contributed by atoms with Gasteiger partial charge in [-0.1, -0.05) is 33.8 Å². The van der Waals surface area contributed by atoms with Crippen molar-refractivity contribution in [2.24, 2.45) is 11.3 Å². The molecule has 0 bridgehead atoms. The van der Waals surface area contributed by atoms with Crippen LogP contribution in [0.1, 0.15) is 50.0 Å². The summed E-state index contributed by atoms with van der Waals surface area (Å²) in [6.07, 6.45) is 0.450. The van der Waals surface area contributed by atoms with Gasteiger partial charge in [-0.15, -0.1) is 0 Å². The van der Waals surface area contributed by atoms with Gasteiger partial charge in [0.2, 0.25) is 5.91 Å². The summed E-state index contributed by atoms with van der Waals surface area (Å²) in [6.45, 7) is 10.3. The third-order valence-corrected chi connectivity index (χ3v) is 3.90. The maximum absolute atomic E-state index is 12.1. The van der Waals surface area contributed by atoms with Crippen molar-refractivity contribution in [3.05, 3.63) is 29.3 Å². The Morgan fingerprint density at radius 2 is 1.90 bits per heavy atom. The van der Waals surface area contributed by atoms with Crippen LogP contribution < -0.4 is 5.32 Å². The Morgan fingerprint density at radius 3 is 2.43 bits per heavy atom. The summed E-state index contributed by atoms with van der Waals surface area (Å²) in [7, 11) is 1.34. The smallest absolute Gasteiger partial charge is 0.337 e. The fourth-order valence-electron chi connectivity index (χ4n) is 1.79. The second-order valence-corrected chi connectivity index (χ2v) is 6.54. The molecule has 1 rings (SSSR count). The quantitative estimate of drug-likeness (QED) is 0.859. The lowest BCUT2D eigenvalue weighted by Crippen LogP contribution is -2.24. The topological polar surface area (TPSA) is 55.4 Å². The van der Waals surface area contributed by atoms with E-state index in [0.717, 1.165) is 5.56 Å². The van der Waals surface area contributed by atoms with Crippen LogP contribution >= 0.6 is 0 Å². The zero-order valence-corrected chi connectivity index (χ0v) is 13.7. The molecule has 21 heavy (non-hydrogen) atoms. The maximum Gasteiger partial charge on any atom is 0.337 e. The lowest BCUT2D eigenvalue weighted by Gasteiger charge is -2.26. The van der Waals surface area contributed by atoms with E-state index in [1.54, 1.807) is 18.2 Å². The molecule has 1 atom stereocenters. The Bertz CT molecular complexity index is 529. The first-order valence-electron chi connectivity index (χ1n) is 7.14. The largest absolute Gasteiger partial charge is 0.465 e. The van der Waals surface area contributed by atoms with E-state index in [0.29, 0.717) is 17.7 Å². The minimum atomic E-state index is -0.409. The number of hydrogen-bond acceptors (Lipinski definition) is 3. The van der Waals surface area contributed by atoms with Gasteiger partial charge in [0, 0.05) is 12.1 Å². The van der Waals surface area contributed by atoms with Crippen LogP contribution in [0.3, 0.4) is 0 Å². The van der Waals surface area contributed by atoms with E-state index < -0.39 is 5.97 Å². The SMILES string of the molecule is COC(=O)c1ccc(C)c(NC(=O)CC(C)C(C)(C)C)c1. The molecule has 0 spiro atoms. The van der Waals surface area contributed by atoms with Crippen LogP contribution in [0.15, 0.2) is 18.2 Å². The zero-order chi connectivity index (χ0) is 16.2. The molecule has 1 unspecified atom stereocenters. The molecule has 0 aromatic heterocycles. The number of anilines is 1. The van der Waals surface area contributed by atoms with Crippen molar-refractivity contribution in [3.63, 3.8) is 0 Å². The molecule has 1 aromatic rings. The highest BCUT2D eigenvalue weighted by molar-refractivity contribution is 5.95. The first-order chi connectivity index (χ1) is 9.65. The lowest BCUT2D eigenvalue weighted by molar-refractivity contribution is -0.117. The molecule has 4 heteroatoms. The summed E-state index contributed by atoms with van der Waals surface area (Å²) >= 11 is 0. The van der Waals surface area contributed by atoms with Gasteiger partial charge in [0.25, 0.3) is 0 Å². The minimum absolute atomic E-state index is 0.0393. The Morgan fingerprint density at radius 1 is 1.29 bits per heavy atom. The summed E-state index contributed by atoms with van der Waals surface area (Å²) in [5.41, 5.74) is 2.09. The molecule has 0 fully saturated rings. The predicted octanol–water partition coefficient (Wildman–Crippen LogP) is 3.79. The molecule has 0 aliphatic carbocycles. The molecule has 1 N–H and O–H groups in total. The van der Waals surface area contributed by atoms with Crippen molar-refractivity contribution in [1.82, 2.24) is 0 Å². The van der Waals surface area contributed by atoms with Gasteiger partial charge in [0.05, 0.1) is 12.7 Å². The van der Waals surface area contributed by atoms with Crippen molar-refractivity contribution in [1.29, 1.82) is 0 Å². The highest BCUT2D eigenvalue weighted by Crippen LogP contribution is 2.28. The average Bonchev–Trinajstić information content (AvgIpc) is 2.39. The van der Waals surface area contributed by atoms with Crippen molar-refractivity contribution < 1.29 is 14.3 Å². The van der Waals surface area contributed by atoms with E-state index >= 15 is 0 Å². The van der Waals surface area contributed by atoms with Crippen LogP contribution in [0, 0.1) is 18.3 Å². The number of ether oxygens (including phenoxy) is 1. The van der Waals surface area contributed by atoms with Gasteiger partial charge in [-0.05, 0) is 36.0 Å². The van der Waals surface area contributed by atoms with Crippen LogP contribution in [0.4, 0.5) is 5.69 Å². The number of aryl methyl sites for hydroxylation is 1. The molecule has 0 aliphatic heterocycles. The van der Waals surface area contributed by atoms with Crippen LogP contribution in [-0.4, -0.2) is 19.0 Å². The van der Waals surface area contributed by atoms with Gasteiger partial charge in [0.1, 0.15) is 0 Å². The fourth-order valence-corrected chi connectivity index (χ4v) is 1.79. The van der Waals surface area contributed by atoms with Crippen molar-refractivity contribution in [2.45, 2.75) is 41.0 Å². The van der Waals surface area contributed by atoms with Gasteiger partial charge in [-0.3, -0.25) is 4.79 Å². The molecule has 4 nitrogen and oxygen atoms in total. The maximum atomic E-state index is 12.1. The number of rotatable bonds is 4. The van der Waals surface area contributed by atoms with Gasteiger partial charge >= 0.3 is 5.97 Å². The lowest BCUT2D eigenvalue weighted by atomic mass is 9.80. The third-order valence-electron chi connectivity index (χ3n) is 3.90.